The van der Waals surface area contributed by atoms with Crippen molar-refractivity contribution < 1.29 is 4.79 Å². The fraction of sp³-hybridized carbons (Fsp3) is 0.312. The van der Waals surface area contributed by atoms with Crippen molar-refractivity contribution in [1.82, 2.24) is 4.90 Å². The van der Waals surface area contributed by atoms with E-state index in [1.165, 1.54) is 0 Å². The zero-order valence-electron chi connectivity index (χ0n) is 10.9. The van der Waals surface area contributed by atoms with Crippen LogP contribution in [0, 0.1) is 0 Å². The minimum Gasteiger partial charge on any atom is -0.339 e. The Morgan fingerprint density at radius 1 is 1.05 bits per heavy atom. The Morgan fingerprint density at radius 2 is 1.74 bits per heavy atom. The fourth-order valence-corrected chi connectivity index (χ4v) is 2.68. The van der Waals surface area contributed by atoms with Crippen LogP contribution >= 0.6 is 0 Å². The van der Waals surface area contributed by atoms with E-state index in [4.69, 9.17) is 5.73 Å². The number of likely N-dealkylation sites (tertiary alicyclic amines) is 1. The van der Waals surface area contributed by atoms with Gasteiger partial charge in [-0.25, -0.2) is 0 Å². The highest BCUT2D eigenvalue weighted by atomic mass is 16.2. The van der Waals surface area contributed by atoms with E-state index in [9.17, 15) is 4.79 Å². The summed E-state index contributed by atoms with van der Waals surface area (Å²) in [6.45, 7) is 1.53. The zero-order valence-corrected chi connectivity index (χ0v) is 10.9. The number of carbonyl (C=O) groups excluding carboxylic acids is 1. The van der Waals surface area contributed by atoms with Gasteiger partial charge in [0.15, 0.2) is 0 Å². The third-order valence-electron chi connectivity index (χ3n) is 3.85. The molecule has 0 saturated carbocycles. The Hall–Kier alpha value is -1.87. The predicted molar refractivity (Wildman–Crippen MR) is 77.1 cm³/mol. The SMILES string of the molecule is NC1CCN(C(=O)c2cccc3ccccc23)CC1. The Morgan fingerprint density at radius 3 is 2.53 bits per heavy atom. The van der Waals surface area contributed by atoms with Crippen LogP contribution in [0.3, 0.4) is 0 Å². The molecule has 1 aliphatic rings. The summed E-state index contributed by atoms with van der Waals surface area (Å²) in [5, 5.41) is 2.15. The van der Waals surface area contributed by atoms with Crippen LogP contribution in [0.4, 0.5) is 0 Å². The first-order valence-corrected chi connectivity index (χ1v) is 6.78. The van der Waals surface area contributed by atoms with Crippen LogP contribution in [0.25, 0.3) is 10.8 Å². The minimum absolute atomic E-state index is 0.128. The maximum atomic E-state index is 12.6. The fourth-order valence-electron chi connectivity index (χ4n) is 2.68. The summed E-state index contributed by atoms with van der Waals surface area (Å²) in [4.78, 5) is 14.5. The number of rotatable bonds is 1. The smallest absolute Gasteiger partial charge is 0.254 e. The molecular weight excluding hydrogens is 236 g/mol. The van der Waals surface area contributed by atoms with Crippen LogP contribution in [0.5, 0.6) is 0 Å². The van der Waals surface area contributed by atoms with Gasteiger partial charge in [0.2, 0.25) is 0 Å². The van der Waals surface area contributed by atoms with E-state index >= 15 is 0 Å². The number of benzene rings is 2. The maximum absolute atomic E-state index is 12.6. The van der Waals surface area contributed by atoms with Gasteiger partial charge >= 0.3 is 0 Å². The van der Waals surface area contributed by atoms with Crippen LogP contribution in [0.2, 0.25) is 0 Å². The van der Waals surface area contributed by atoms with Crippen LogP contribution < -0.4 is 5.73 Å². The number of hydrogen-bond donors (Lipinski definition) is 1. The van der Waals surface area contributed by atoms with Gasteiger partial charge in [-0.2, -0.15) is 0 Å². The molecule has 3 heteroatoms. The quantitative estimate of drug-likeness (QED) is 0.849. The summed E-state index contributed by atoms with van der Waals surface area (Å²) >= 11 is 0. The number of nitrogens with zero attached hydrogens (tertiary/aromatic N) is 1. The van der Waals surface area contributed by atoms with Gasteiger partial charge in [-0.05, 0) is 29.7 Å². The van der Waals surface area contributed by atoms with E-state index in [0.29, 0.717) is 0 Å². The second-order valence-corrected chi connectivity index (χ2v) is 5.16. The average molecular weight is 254 g/mol. The van der Waals surface area contributed by atoms with Gasteiger partial charge in [0.05, 0.1) is 0 Å². The highest BCUT2D eigenvalue weighted by Crippen LogP contribution is 2.21. The molecule has 1 amide bonds. The number of carbonyl (C=O) groups is 1. The van der Waals surface area contributed by atoms with Gasteiger partial charge in [0, 0.05) is 24.7 Å². The van der Waals surface area contributed by atoms with E-state index in [1.807, 2.05) is 47.4 Å². The van der Waals surface area contributed by atoms with Crippen molar-refractivity contribution in [3.63, 3.8) is 0 Å². The molecular formula is C16H18N2O. The van der Waals surface area contributed by atoms with Crippen molar-refractivity contribution in [3.8, 4) is 0 Å². The second kappa shape index (κ2) is 5.02. The summed E-state index contributed by atoms with van der Waals surface area (Å²) in [7, 11) is 0. The lowest BCUT2D eigenvalue weighted by atomic mass is 10.0. The summed E-state index contributed by atoms with van der Waals surface area (Å²) < 4.78 is 0. The Kier molecular flexibility index (Phi) is 3.22. The summed E-state index contributed by atoms with van der Waals surface area (Å²) in [5.41, 5.74) is 6.69. The molecule has 0 aromatic heterocycles. The lowest BCUT2D eigenvalue weighted by Crippen LogP contribution is -2.42. The van der Waals surface area contributed by atoms with Crippen molar-refractivity contribution in [1.29, 1.82) is 0 Å². The molecule has 0 aliphatic carbocycles. The molecule has 0 atom stereocenters. The van der Waals surface area contributed by atoms with Gasteiger partial charge in [-0.3, -0.25) is 4.79 Å². The molecule has 3 nitrogen and oxygen atoms in total. The zero-order chi connectivity index (χ0) is 13.2. The number of nitrogens with two attached hydrogens (primary N) is 1. The molecule has 98 valence electrons. The largest absolute Gasteiger partial charge is 0.339 e. The van der Waals surface area contributed by atoms with Crippen LogP contribution in [0.1, 0.15) is 23.2 Å². The Labute approximate surface area is 113 Å². The van der Waals surface area contributed by atoms with E-state index in [-0.39, 0.29) is 11.9 Å². The first kappa shape index (κ1) is 12.2. The van der Waals surface area contributed by atoms with Crippen LogP contribution in [-0.2, 0) is 0 Å². The van der Waals surface area contributed by atoms with E-state index in [1.54, 1.807) is 0 Å². The number of hydrogen-bond acceptors (Lipinski definition) is 2. The van der Waals surface area contributed by atoms with Crippen molar-refractivity contribution in [3.05, 3.63) is 48.0 Å². The summed E-state index contributed by atoms with van der Waals surface area (Å²) in [6.07, 6.45) is 1.80. The summed E-state index contributed by atoms with van der Waals surface area (Å²) in [6, 6.07) is 14.2. The lowest BCUT2D eigenvalue weighted by molar-refractivity contribution is 0.0717. The highest BCUT2D eigenvalue weighted by molar-refractivity contribution is 6.07. The first-order chi connectivity index (χ1) is 9.25. The molecule has 2 aromatic carbocycles. The average Bonchev–Trinajstić information content (AvgIpc) is 2.47. The third-order valence-corrected chi connectivity index (χ3v) is 3.85. The van der Waals surface area contributed by atoms with Gasteiger partial charge in [0.25, 0.3) is 5.91 Å². The third kappa shape index (κ3) is 2.34. The summed E-state index contributed by atoms with van der Waals surface area (Å²) in [5.74, 6) is 0.128. The molecule has 19 heavy (non-hydrogen) atoms. The lowest BCUT2D eigenvalue weighted by Gasteiger charge is -2.30. The molecule has 2 aromatic rings. The van der Waals surface area contributed by atoms with Crippen LogP contribution in [-0.4, -0.2) is 29.9 Å². The standard InChI is InChI=1S/C16H18N2O/c17-13-8-10-18(11-9-13)16(19)15-7-3-5-12-4-1-2-6-14(12)15/h1-7,13H,8-11,17H2. The molecule has 1 heterocycles. The number of amides is 1. The molecule has 2 N–H and O–H groups in total. The van der Waals surface area contributed by atoms with E-state index in [2.05, 4.69) is 0 Å². The predicted octanol–water partition coefficient (Wildman–Crippen LogP) is 2.40. The molecule has 0 bridgehead atoms. The minimum atomic E-state index is 0.128. The van der Waals surface area contributed by atoms with Gasteiger partial charge in [-0.15, -0.1) is 0 Å². The van der Waals surface area contributed by atoms with E-state index < -0.39 is 0 Å². The number of fused-ring (bicyclic) bond motifs is 1. The van der Waals surface area contributed by atoms with Crippen molar-refractivity contribution in [2.45, 2.75) is 18.9 Å². The Balaban J connectivity index is 1.93. The maximum Gasteiger partial charge on any atom is 0.254 e. The van der Waals surface area contributed by atoms with Crippen LogP contribution in [0.15, 0.2) is 42.5 Å². The van der Waals surface area contributed by atoms with Gasteiger partial charge in [-0.1, -0.05) is 36.4 Å². The second-order valence-electron chi connectivity index (χ2n) is 5.16. The molecule has 1 fully saturated rings. The topological polar surface area (TPSA) is 46.3 Å². The van der Waals surface area contributed by atoms with Crippen molar-refractivity contribution in [2.24, 2.45) is 5.73 Å². The first-order valence-electron chi connectivity index (χ1n) is 6.78. The normalized spacial score (nSPS) is 16.8. The molecule has 0 spiro atoms. The highest BCUT2D eigenvalue weighted by Gasteiger charge is 2.22. The monoisotopic (exact) mass is 254 g/mol. The Bertz CT molecular complexity index is 595. The molecule has 0 radical (unpaired) electrons. The van der Waals surface area contributed by atoms with Crippen molar-refractivity contribution >= 4 is 16.7 Å². The molecule has 0 unspecified atom stereocenters. The van der Waals surface area contributed by atoms with Gasteiger partial charge < -0.3 is 10.6 Å². The molecule has 1 saturated heterocycles. The van der Waals surface area contributed by atoms with E-state index in [0.717, 1.165) is 42.3 Å². The van der Waals surface area contributed by atoms with Crippen molar-refractivity contribution in [2.75, 3.05) is 13.1 Å². The van der Waals surface area contributed by atoms with Gasteiger partial charge in [0.1, 0.15) is 0 Å². The molecule has 1 aliphatic heterocycles. The molecule has 3 rings (SSSR count). The number of piperidine rings is 1.